The second-order valence-corrected chi connectivity index (χ2v) is 4.12. The molecule has 0 unspecified atom stereocenters. The molecule has 2 rings (SSSR count). The monoisotopic (exact) mass is 247 g/mol. The number of esters is 1. The smallest absolute Gasteiger partial charge is 0.337 e. The summed E-state index contributed by atoms with van der Waals surface area (Å²) in [6, 6.07) is 7.64. The first-order chi connectivity index (χ1) is 8.76. The summed E-state index contributed by atoms with van der Waals surface area (Å²) in [4.78, 5) is 11.5. The Kier molecular flexibility index (Phi) is 3.99. The first-order valence-electron chi connectivity index (χ1n) is 5.92. The normalized spacial score (nSPS) is 10.8. The molecule has 4 heteroatoms. The molecule has 0 atom stereocenters. The van der Waals surface area contributed by atoms with E-state index in [4.69, 9.17) is 9.47 Å². The molecule has 0 spiro atoms. The van der Waals surface area contributed by atoms with E-state index in [2.05, 4.69) is 4.57 Å². The van der Waals surface area contributed by atoms with E-state index in [0.717, 1.165) is 30.5 Å². The van der Waals surface area contributed by atoms with Gasteiger partial charge in [0, 0.05) is 32.0 Å². The maximum absolute atomic E-state index is 11.5. The van der Waals surface area contributed by atoms with Crippen molar-refractivity contribution in [3.63, 3.8) is 0 Å². The van der Waals surface area contributed by atoms with E-state index in [9.17, 15) is 4.79 Å². The van der Waals surface area contributed by atoms with Crippen LogP contribution in [-0.4, -0.2) is 31.4 Å². The third-order valence-electron chi connectivity index (χ3n) is 2.94. The number of hydrogen-bond donors (Lipinski definition) is 0. The highest BCUT2D eigenvalue weighted by Crippen LogP contribution is 2.18. The van der Waals surface area contributed by atoms with Crippen LogP contribution in [0.15, 0.2) is 30.5 Å². The minimum atomic E-state index is -0.304. The molecule has 0 aliphatic heterocycles. The van der Waals surface area contributed by atoms with Gasteiger partial charge in [-0.25, -0.2) is 4.79 Å². The summed E-state index contributed by atoms with van der Waals surface area (Å²) in [5.41, 5.74) is 1.63. The van der Waals surface area contributed by atoms with Gasteiger partial charge in [0.2, 0.25) is 0 Å². The lowest BCUT2D eigenvalue weighted by Gasteiger charge is -2.06. The van der Waals surface area contributed by atoms with Crippen LogP contribution in [0.4, 0.5) is 0 Å². The van der Waals surface area contributed by atoms with Crippen LogP contribution < -0.4 is 0 Å². The van der Waals surface area contributed by atoms with Gasteiger partial charge >= 0.3 is 5.97 Å². The second kappa shape index (κ2) is 5.69. The summed E-state index contributed by atoms with van der Waals surface area (Å²) in [5, 5.41) is 1.13. The molecule has 96 valence electrons. The molecule has 2 aromatic rings. The van der Waals surface area contributed by atoms with Crippen molar-refractivity contribution in [3.8, 4) is 0 Å². The van der Waals surface area contributed by atoms with Gasteiger partial charge < -0.3 is 14.0 Å². The van der Waals surface area contributed by atoms with Gasteiger partial charge in [0.05, 0.1) is 12.7 Å². The standard InChI is InChI=1S/C14H17NO3/c1-17-9-3-7-15-8-6-11-4-5-12(10-13(11)15)14(16)18-2/h4-6,8,10H,3,7,9H2,1-2H3. The van der Waals surface area contributed by atoms with Crippen LogP contribution in [0.25, 0.3) is 10.9 Å². The SMILES string of the molecule is COCCCn1ccc2ccc(C(=O)OC)cc21. The van der Waals surface area contributed by atoms with Gasteiger partial charge in [0.15, 0.2) is 0 Å². The van der Waals surface area contributed by atoms with E-state index >= 15 is 0 Å². The number of rotatable bonds is 5. The second-order valence-electron chi connectivity index (χ2n) is 4.12. The number of methoxy groups -OCH3 is 2. The highest BCUT2D eigenvalue weighted by molar-refractivity contribution is 5.94. The third-order valence-corrected chi connectivity index (χ3v) is 2.94. The Hall–Kier alpha value is -1.81. The molecule has 0 radical (unpaired) electrons. The zero-order chi connectivity index (χ0) is 13.0. The van der Waals surface area contributed by atoms with Crippen molar-refractivity contribution in [2.45, 2.75) is 13.0 Å². The van der Waals surface area contributed by atoms with Crippen LogP contribution in [0.2, 0.25) is 0 Å². The average molecular weight is 247 g/mol. The molecule has 18 heavy (non-hydrogen) atoms. The topological polar surface area (TPSA) is 40.5 Å². The first-order valence-corrected chi connectivity index (χ1v) is 5.92. The molecular formula is C14H17NO3. The van der Waals surface area contributed by atoms with Crippen LogP contribution in [0, 0.1) is 0 Å². The summed E-state index contributed by atoms with van der Waals surface area (Å²) in [6.45, 7) is 1.61. The van der Waals surface area contributed by atoms with Crippen molar-refractivity contribution < 1.29 is 14.3 Å². The Labute approximate surface area is 106 Å². The molecule has 1 heterocycles. The van der Waals surface area contributed by atoms with Gasteiger partial charge in [-0.15, -0.1) is 0 Å². The zero-order valence-electron chi connectivity index (χ0n) is 10.7. The molecule has 0 fully saturated rings. The maximum Gasteiger partial charge on any atom is 0.337 e. The largest absolute Gasteiger partial charge is 0.465 e. The van der Waals surface area contributed by atoms with Gasteiger partial charge in [-0.1, -0.05) is 6.07 Å². The van der Waals surface area contributed by atoms with Crippen LogP contribution in [-0.2, 0) is 16.0 Å². The lowest BCUT2D eigenvalue weighted by atomic mass is 10.1. The van der Waals surface area contributed by atoms with Crippen molar-refractivity contribution in [2.75, 3.05) is 20.8 Å². The fourth-order valence-corrected chi connectivity index (χ4v) is 2.00. The molecule has 0 saturated carbocycles. The highest BCUT2D eigenvalue weighted by atomic mass is 16.5. The Morgan fingerprint density at radius 1 is 1.28 bits per heavy atom. The number of ether oxygens (including phenoxy) is 2. The summed E-state index contributed by atoms with van der Waals surface area (Å²) >= 11 is 0. The molecule has 4 nitrogen and oxygen atoms in total. The quantitative estimate of drug-likeness (QED) is 0.602. The number of hydrogen-bond acceptors (Lipinski definition) is 3. The summed E-state index contributed by atoms with van der Waals surface area (Å²) in [6.07, 6.45) is 2.98. The summed E-state index contributed by atoms with van der Waals surface area (Å²) < 4.78 is 11.9. The zero-order valence-corrected chi connectivity index (χ0v) is 10.7. The molecule has 1 aromatic carbocycles. The molecule has 0 bridgehead atoms. The lowest BCUT2D eigenvalue weighted by molar-refractivity contribution is 0.0601. The fraction of sp³-hybridized carbons (Fsp3) is 0.357. The summed E-state index contributed by atoms with van der Waals surface area (Å²) in [5.74, 6) is -0.304. The van der Waals surface area contributed by atoms with Gasteiger partial charge in [-0.2, -0.15) is 0 Å². The van der Waals surface area contributed by atoms with E-state index in [1.807, 2.05) is 24.4 Å². The number of carbonyl (C=O) groups is 1. The van der Waals surface area contributed by atoms with Crippen LogP contribution in [0.3, 0.4) is 0 Å². The maximum atomic E-state index is 11.5. The van der Waals surface area contributed by atoms with E-state index in [-0.39, 0.29) is 5.97 Å². The number of fused-ring (bicyclic) bond motifs is 1. The van der Waals surface area contributed by atoms with Gasteiger partial charge in [0.25, 0.3) is 0 Å². The highest BCUT2D eigenvalue weighted by Gasteiger charge is 2.08. The number of nitrogens with zero attached hydrogens (tertiary/aromatic N) is 1. The Morgan fingerprint density at radius 2 is 2.11 bits per heavy atom. The third kappa shape index (κ3) is 2.54. The van der Waals surface area contributed by atoms with Crippen molar-refractivity contribution in [2.24, 2.45) is 0 Å². The average Bonchev–Trinajstić information content (AvgIpc) is 2.81. The van der Waals surface area contributed by atoms with E-state index in [0.29, 0.717) is 5.56 Å². The molecular weight excluding hydrogens is 230 g/mol. The molecule has 0 aliphatic carbocycles. The van der Waals surface area contributed by atoms with Crippen LogP contribution >= 0.6 is 0 Å². The predicted molar refractivity (Wildman–Crippen MR) is 69.8 cm³/mol. The van der Waals surface area contributed by atoms with Gasteiger partial charge in [-0.3, -0.25) is 0 Å². The molecule has 0 saturated heterocycles. The fourth-order valence-electron chi connectivity index (χ4n) is 2.00. The van der Waals surface area contributed by atoms with Crippen molar-refractivity contribution in [1.29, 1.82) is 0 Å². The summed E-state index contributed by atoms with van der Waals surface area (Å²) in [7, 11) is 3.09. The number of carbonyl (C=O) groups excluding carboxylic acids is 1. The predicted octanol–water partition coefficient (Wildman–Crippen LogP) is 2.46. The minimum Gasteiger partial charge on any atom is -0.465 e. The minimum absolute atomic E-state index is 0.304. The number of benzene rings is 1. The van der Waals surface area contributed by atoms with Gasteiger partial charge in [0.1, 0.15) is 0 Å². The number of aromatic nitrogens is 1. The van der Waals surface area contributed by atoms with Crippen molar-refractivity contribution in [3.05, 3.63) is 36.0 Å². The van der Waals surface area contributed by atoms with Crippen molar-refractivity contribution in [1.82, 2.24) is 4.57 Å². The molecule has 0 N–H and O–H groups in total. The molecule has 0 aliphatic rings. The Morgan fingerprint density at radius 3 is 2.83 bits per heavy atom. The lowest BCUT2D eigenvalue weighted by Crippen LogP contribution is -2.03. The van der Waals surface area contributed by atoms with Gasteiger partial charge in [-0.05, 0) is 30.0 Å². The van der Waals surface area contributed by atoms with Crippen LogP contribution in [0.5, 0.6) is 0 Å². The number of aryl methyl sites for hydroxylation is 1. The van der Waals surface area contributed by atoms with E-state index in [1.165, 1.54) is 7.11 Å². The molecule has 0 amide bonds. The van der Waals surface area contributed by atoms with E-state index < -0.39 is 0 Å². The van der Waals surface area contributed by atoms with E-state index in [1.54, 1.807) is 13.2 Å². The Bertz CT molecular complexity index is 545. The van der Waals surface area contributed by atoms with Crippen LogP contribution in [0.1, 0.15) is 16.8 Å². The first kappa shape index (κ1) is 12.6. The van der Waals surface area contributed by atoms with Crippen molar-refractivity contribution >= 4 is 16.9 Å². The molecule has 1 aromatic heterocycles. The Balaban J connectivity index is 2.28.